The number of nitrogens with one attached hydrogen (secondary N) is 1. The predicted molar refractivity (Wildman–Crippen MR) is 425 cm³/mol. The van der Waals surface area contributed by atoms with E-state index in [4.69, 9.17) is 4.99 Å². The maximum atomic E-state index is 10.9. The van der Waals surface area contributed by atoms with Gasteiger partial charge in [0.1, 0.15) is 11.5 Å². The van der Waals surface area contributed by atoms with Crippen LogP contribution in [-0.2, 0) is 5.66 Å². The highest BCUT2D eigenvalue weighted by molar-refractivity contribution is 6.16. The first-order valence-electron chi connectivity index (χ1n) is 34.7. The third kappa shape index (κ3) is 12.1. The molecule has 18 nitrogen and oxygen atoms in total. The molecule has 0 amide bonds. The maximum absolute atomic E-state index is 10.9. The van der Waals surface area contributed by atoms with Gasteiger partial charge in [-0.25, -0.2) is 4.99 Å². The van der Waals surface area contributed by atoms with Crippen molar-refractivity contribution in [1.82, 2.24) is 14.0 Å². The van der Waals surface area contributed by atoms with Crippen LogP contribution < -0.4 is 0 Å². The average molecular weight is 1430 g/mol. The van der Waals surface area contributed by atoms with Gasteiger partial charge in [0.15, 0.2) is 5.84 Å². The standard InChI is InChI=1S/C94H50N18/c1-4-12-82(81-38-64(63-18-11-13-56(29-63)43-95)19-24-85(81)111-83-25-20-65(88-69(48-100)30-57(44-96)31-70(88)49-101)39-77(83)78-40-66(21-26-84(78)111)89-71(50-102)32-58(45-97)33-72(89)51-103)94(2,110(3)93(62-16-9-6-10-17-62)109-92(108)61-14-7-5-8-15-61)112-86-27-22-67(90-73(52-104)34-59(46-98)35-74(90)53-105)41-79(86)80-42-68(23-28-87(80)112)91-75(54-106)36-60(47-99)37-76(91)55-107/h5-42,108H,4H2,1-3H3/b82-12-,108-92?,109-93-. The van der Waals surface area contributed by atoms with E-state index in [0.717, 1.165) is 0 Å². The van der Waals surface area contributed by atoms with E-state index in [1.54, 1.807) is 54.6 Å². The first kappa shape index (κ1) is 71.5. The summed E-state index contributed by atoms with van der Waals surface area (Å²) < 4.78 is 4.22. The predicted octanol–water partition coefficient (Wildman–Crippen LogP) is 19.1. The molecule has 0 bridgehead atoms. The molecule has 0 saturated heterocycles. The Morgan fingerprint density at radius 3 is 1.06 bits per heavy atom. The van der Waals surface area contributed by atoms with Gasteiger partial charge in [0.25, 0.3) is 0 Å². The normalized spacial score (nSPS) is 11.5. The summed E-state index contributed by atoms with van der Waals surface area (Å²) in [5, 5.41) is 150. The van der Waals surface area contributed by atoms with Gasteiger partial charge in [-0.15, -0.1) is 0 Å². The zero-order chi connectivity index (χ0) is 78.6. The summed E-state index contributed by atoms with van der Waals surface area (Å²) >= 11 is 0. The lowest BCUT2D eigenvalue weighted by Crippen LogP contribution is -2.50. The first-order chi connectivity index (χ1) is 54.6. The van der Waals surface area contributed by atoms with Gasteiger partial charge in [0.2, 0.25) is 0 Å². The molecule has 112 heavy (non-hydrogen) atoms. The molecule has 1 unspecified atom stereocenters. The minimum absolute atomic E-state index is 0.0583. The molecule has 0 aliphatic carbocycles. The van der Waals surface area contributed by atoms with E-state index in [9.17, 15) is 73.8 Å². The van der Waals surface area contributed by atoms with Gasteiger partial charge in [0, 0.05) is 73.1 Å². The maximum Gasteiger partial charge on any atom is 0.154 e. The van der Waals surface area contributed by atoms with Crippen LogP contribution in [0.15, 0.2) is 236 Å². The highest BCUT2D eigenvalue weighted by atomic mass is 15.4. The van der Waals surface area contributed by atoms with Crippen LogP contribution in [0.2, 0.25) is 0 Å². The third-order valence-corrected chi connectivity index (χ3v) is 20.2. The van der Waals surface area contributed by atoms with Crippen molar-refractivity contribution in [2.24, 2.45) is 4.99 Å². The summed E-state index contributed by atoms with van der Waals surface area (Å²) in [4.78, 5) is 7.36. The van der Waals surface area contributed by atoms with Crippen LogP contribution >= 0.6 is 0 Å². The minimum Gasteiger partial charge on any atom is -0.332 e. The summed E-state index contributed by atoms with van der Waals surface area (Å²) in [6.07, 6.45) is 2.47. The minimum atomic E-state index is -1.66. The zero-order valence-corrected chi connectivity index (χ0v) is 59.7. The number of hydrogen-bond donors (Lipinski definition) is 1. The Bertz CT molecular complexity index is 6710. The van der Waals surface area contributed by atoms with E-state index < -0.39 is 5.66 Å². The van der Waals surface area contributed by atoms with Crippen LogP contribution in [0.25, 0.3) is 111 Å². The molecule has 0 aliphatic rings. The number of benzene rings is 12. The molecule has 1 N–H and O–H groups in total. The van der Waals surface area contributed by atoms with Gasteiger partial charge in [-0.05, 0) is 168 Å². The second-order valence-electron chi connectivity index (χ2n) is 26.3. The Morgan fingerprint density at radius 1 is 0.366 bits per heavy atom. The van der Waals surface area contributed by atoms with E-state index >= 15 is 0 Å². The molecule has 0 fully saturated rings. The molecule has 0 saturated carbocycles. The fourth-order valence-electron chi connectivity index (χ4n) is 15.2. The second kappa shape index (κ2) is 29.6. The summed E-state index contributed by atoms with van der Waals surface area (Å²) in [5.41, 5.74) is 8.93. The van der Waals surface area contributed by atoms with Crippen LogP contribution in [0.4, 0.5) is 0 Å². The van der Waals surface area contributed by atoms with Gasteiger partial charge >= 0.3 is 0 Å². The van der Waals surface area contributed by atoms with Crippen LogP contribution in [0, 0.1) is 153 Å². The summed E-state index contributed by atoms with van der Waals surface area (Å²) in [7, 11) is 1.89. The van der Waals surface area contributed by atoms with Crippen molar-refractivity contribution in [2.45, 2.75) is 25.9 Å². The van der Waals surface area contributed by atoms with Crippen LogP contribution in [-0.4, -0.2) is 32.8 Å². The molecule has 14 rings (SSSR count). The Labute approximate surface area is 642 Å². The SMILES string of the molecule is CC/C=C(/c1cc(-c2cccc(C#N)c2)ccc1-n1c2ccc(-c3c(C#N)cc(C#N)cc3C#N)cc2c2cc(-c3c(C#N)cc(C#N)cc3C#N)ccc21)C(C)(N(C)/C(=N\C(=N)c1ccccc1)c1ccccc1)n1c2ccc(-c3c(C#N)cc(C#N)cc3C#N)cc2c2cc(-c3c(C#N)cc(C#N)cc3C#N)ccc21. The molecule has 1 atom stereocenters. The average Bonchev–Trinajstić information content (AvgIpc) is 1.49. The fraction of sp³-hybridized carbons (Fsp3) is 0.0532. The molecule has 18 heteroatoms. The van der Waals surface area contributed by atoms with Crippen molar-refractivity contribution in [3.05, 3.63) is 320 Å². The Morgan fingerprint density at radius 2 is 0.705 bits per heavy atom. The number of likely N-dealkylation sites (N-methyl/N-ethyl adjacent to an activating group) is 1. The van der Waals surface area contributed by atoms with Crippen LogP contribution in [0.3, 0.4) is 0 Å². The first-order valence-corrected chi connectivity index (χ1v) is 34.7. The number of aromatic nitrogens is 2. The Balaban J connectivity index is 1.17. The van der Waals surface area contributed by atoms with Crippen LogP contribution in [0.1, 0.15) is 109 Å². The molecule has 2 heterocycles. The van der Waals surface area contributed by atoms with Crippen molar-refractivity contribution >= 4 is 60.9 Å². The van der Waals surface area contributed by atoms with Gasteiger partial charge in [-0.3, -0.25) is 5.41 Å². The molecule has 2 aromatic heterocycles. The molecule has 516 valence electrons. The van der Waals surface area contributed by atoms with Crippen molar-refractivity contribution in [1.29, 1.82) is 73.8 Å². The summed E-state index contributed by atoms with van der Waals surface area (Å²) in [5.74, 6) is 0.230. The molecular formula is C94H50N18. The van der Waals surface area contributed by atoms with E-state index in [0.29, 0.717) is 123 Å². The summed E-state index contributed by atoms with van der Waals surface area (Å²) in [6, 6.07) is 93.7. The molecule has 14 aromatic rings. The van der Waals surface area contributed by atoms with Gasteiger partial charge in [0.05, 0.1) is 179 Å². The number of nitrogens with zero attached hydrogens (tertiary/aromatic N) is 17. The number of amidine groups is 2. The van der Waals surface area contributed by atoms with Gasteiger partial charge < -0.3 is 14.0 Å². The smallest absolute Gasteiger partial charge is 0.154 e. The van der Waals surface area contributed by atoms with E-state index in [1.165, 1.54) is 48.5 Å². The Hall–Kier alpha value is -17.5. The Kier molecular flexibility index (Phi) is 18.9. The number of fused-ring (bicyclic) bond motifs is 6. The fourth-order valence-corrected chi connectivity index (χ4v) is 15.2. The van der Waals surface area contributed by atoms with Gasteiger partial charge in [-0.2, -0.15) is 68.4 Å². The van der Waals surface area contributed by atoms with E-state index in [2.05, 4.69) is 100 Å². The van der Waals surface area contributed by atoms with Gasteiger partial charge in [-0.1, -0.05) is 116 Å². The van der Waals surface area contributed by atoms with Crippen LogP contribution in [0.5, 0.6) is 0 Å². The highest BCUT2D eigenvalue weighted by Crippen LogP contribution is 2.50. The number of allylic oxidation sites excluding steroid dienone is 1. The quantitative estimate of drug-likeness (QED) is 0.0828. The summed E-state index contributed by atoms with van der Waals surface area (Å²) in [6.45, 7) is 4.04. The lowest BCUT2D eigenvalue weighted by molar-refractivity contribution is 0.223. The lowest BCUT2D eigenvalue weighted by atomic mass is 9.86. The molecule has 0 radical (unpaired) electrons. The van der Waals surface area contributed by atoms with Crippen molar-refractivity contribution in [3.8, 4) is 140 Å². The monoisotopic (exact) mass is 1430 g/mol. The third-order valence-electron chi connectivity index (χ3n) is 20.2. The number of nitriles is 13. The van der Waals surface area contributed by atoms with Crippen molar-refractivity contribution < 1.29 is 0 Å². The molecule has 0 aliphatic heterocycles. The van der Waals surface area contributed by atoms with Crippen molar-refractivity contribution in [2.75, 3.05) is 7.05 Å². The number of aliphatic imine (C=N–C) groups is 1. The number of rotatable bonds is 13. The molecular weight excluding hydrogens is 1380 g/mol. The van der Waals surface area contributed by atoms with E-state index in [1.807, 2.05) is 141 Å². The zero-order valence-electron chi connectivity index (χ0n) is 59.7. The van der Waals surface area contributed by atoms with E-state index in [-0.39, 0.29) is 94.9 Å². The molecule has 12 aromatic carbocycles. The van der Waals surface area contributed by atoms with Crippen molar-refractivity contribution in [3.63, 3.8) is 0 Å². The number of hydrogen-bond acceptors (Lipinski definition) is 14. The topological polar surface area (TPSA) is 359 Å². The second-order valence-corrected chi connectivity index (χ2v) is 26.3. The highest BCUT2D eigenvalue weighted by Gasteiger charge is 2.43. The largest absolute Gasteiger partial charge is 0.332 e. The lowest BCUT2D eigenvalue weighted by Gasteiger charge is -2.45. The molecule has 0 spiro atoms.